The molecule has 0 heterocycles. The number of nitrogens with two attached hydrogens (primary N) is 1. The highest BCUT2D eigenvalue weighted by Crippen LogP contribution is 2.37. The van der Waals surface area contributed by atoms with E-state index in [1.807, 2.05) is 0 Å². The highest BCUT2D eigenvalue weighted by molar-refractivity contribution is 5.41. The molecule has 0 aliphatic carbocycles. The summed E-state index contributed by atoms with van der Waals surface area (Å²) in [5, 5.41) is 0. The van der Waals surface area contributed by atoms with Crippen molar-refractivity contribution in [2.24, 2.45) is 5.73 Å². The lowest BCUT2D eigenvalue weighted by Crippen LogP contribution is -2.44. The lowest BCUT2D eigenvalue weighted by molar-refractivity contribution is 0.415. The molecular weight excluding hydrogens is 218 g/mol. The van der Waals surface area contributed by atoms with Crippen LogP contribution in [0.3, 0.4) is 0 Å². The van der Waals surface area contributed by atoms with Crippen LogP contribution in [0, 0.1) is 0 Å². The molecule has 0 amide bonds. The average molecular weight is 239 g/mol. The van der Waals surface area contributed by atoms with Crippen LogP contribution in [0.15, 0.2) is 60.7 Å². The molecule has 0 saturated heterocycles. The molecule has 1 atom stereocenters. The third-order valence-corrected chi connectivity index (χ3v) is 3.91. The Hall–Kier alpha value is -1.60. The van der Waals surface area contributed by atoms with Crippen molar-refractivity contribution < 1.29 is 0 Å². The van der Waals surface area contributed by atoms with Crippen molar-refractivity contribution in [2.45, 2.75) is 31.7 Å². The fourth-order valence-electron chi connectivity index (χ4n) is 2.89. The third-order valence-electron chi connectivity index (χ3n) is 3.91. The maximum absolute atomic E-state index is 6.35. The minimum atomic E-state index is -0.0947. The molecule has 2 N–H and O–H groups in total. The van der Waals surface area contributed by atoms with Gasteiger partial charge in [-0.2, -0.15) is 0 Å². The SMILES string of the molecule is CCC(c1ccccc1)(c1ccccc1)C(C)N. The summed E-state index contributed by atoms with van der Waals surface area (Å²) in [5.41, 5.74) is 8.85. The second-order valence-corrected chi connectivity index (χ2v) is 4.85. The van der Waals surface area contributed by atoms with Gasteiger partial charge in [-0.3, -0.25) is 0 Å². The molecule has 2 rings (SSSR count). The largest absolute Gasteiger partial charge is 0.327 e. The summed E-state index contributed by atoms with van der Waals surface area (Å²) in [4.78, 5) is 0. The first-order valence-electron chi connectivity index (χ1n) is 6.58. The van der Waals surface area contributed by atoms with Crippen LogP contribution in [0.2, 0.25) is 0 Å². The van der Waals surface area contributed by atoms with Crippen molar-refractivity contribution in [1.82, 2.24) is 0 Å². The van der Waals surface area contributed by atoms with Gasteiger partial charge in [0.15, 0.2) is 0 Å². The molecule has 1 nitrogen and oxygen atoms in total. The predicted molar refractivity (Wildman–Crippen MR) is 77.6 cm³/mol. The van der Waals surface area contributed by atoms with Gasteiger partial charge in [-0.1, -0.05) is 67.6 Å². The Morgan fingerprint density at radius 2 is 1.28 bits per heavy atom. The fourth-order valence-corrected chi connectivity index (χ4v) is 2.89. The van der Waals surface area contributed by atoms with Gasteiger partial charge in [0.2, 0.25) is 0 Å². The molecular formula is C17H21N. The van der Waals surface area contributed by atoms with E-state index in [9.17, 15) is 0 Å². The van der Waals surface area contributed by atoms with Gasteiger partial charge in [-0.25, -0.2) is 0 Å². The molecule has 1 unspecified atom stereocenters. The third kappa shape index (κ3) is 2.06. The Labute approximate surface area is 110 Å². The van der Waals surface area contributed by atoms with E-state index in [0.29, 0.717) is 0 Å². The van der Waals surface area contributed by atoms with Crippen molar-refractivity contribution in [3.8, 4) is 0 Å². The predicted octanol–water partition coefficient (Wildman–Crippen LogP) is 3.73. The highest BCUT2D eigenvalue weighted by Gasteiger charge is 2.35. The number of rotatable bonds is 4. The van der Waals surface area contributed by atoms with Gasteiger partial charge in [-0.05, 0) is 24.5 Å². The lowest BCUT2D eigenvalue weighted by Gasteiger charge is -2.38. The molecule has 2 aromatic rings. The van der Waals surface area contributed by atoms with Gasteiger partial charge in [0.1, 0.15) is 0 Å². The monoisotopic (exact) mass is 239 g/mol. The van der Waals surface area contributed by atoms with Gasteiger partial charge in [0.05, 0.1) is 0 Å². The van der Waals surface area contributed by atoms with Crippen LogP contribution in [0.25, 0.3) is 0 Å². The Balaban J connectivity index is 2.61. The van der Waals surface area contributed by atoms with E-state index in [0.717, 1.165) is 6.42 Å². The fraction of sp³-hybridized carbons (Fsp3) is 0.294. The number of hydrogen-bond donors (Lipinski definition) is 1. The summed E-state index contributed by atoms with van der Waals surface area (Å²) in [6.07, 6.45) is 0.999. The van der Waals surface area contributed by atoms with E-state index in [-0.39, 0.29) is 11.5 Å². The van der Waals surface area contributed by atoms with Crippen molar-refractivity contribution >= 4 is 0 Å². The Morgan fingerprint density at radius 1 is 0.889 bits per heavy atom. The second-order valence-electron chi connectivity index (χ2n) is 4.85. The Morgan fingerprint density at radius 3 is 1.56 bits per heavy atom. The first-order valence-corrected chi connectivity index (χ1v) is 6.58. The first-order chi connectivity index (χ1) is 8.71. The molecule has 0 aliphatic heterocycles. The lowest BCUT2D eigenvalue weighted by atomic mass is 9.68. The van der Waals surface area contributed by atoms with Gasteiger partial charge in [0, 0.05) is 11.5 Å². The van der Waals surface area contributed by atoms with Gasteiger partial charge in [0.25, 0.3) is 0 Å². The molecule has 18 heavy (non-hydrogen) atoms. The molecule has 0 aliphatic rings. The normalized spacial score (nSPS) is 13.3. The van der Waals surface area contributed by atoms with Crippen LogP contribution >= 0.6 is 0 Å². The smallest absolute Gasteiger partial charge is 0.0348 e. The zero-order valence-corrected chi connectivity index (χ0v) is 11.1. The molecule has 0 fully saturated rings. The minimum absolute atomic E-state index is 0.0762. The molecule has 0 aromatic heterocycles. The van der Waals surface area contributed by atoms with Gasteiger partial charge in [-0.15, -0.1) is 0 Å². The van der Waals surface area contributed by atoms with E-state index in [2.05, 4.69) is 74.5 Å². The Bertz CT molecular complexity index is 434. The topological polar surface area (TPSA) is 26.0 Å². The molecule has 0 spiro atoms. The quantitative estimate of drug-likeness (QED) is 0.864. The number of hydrogen-bond acceptors (Lipinski definition) is 1. The van der Waals surface area contributed by atoms with Crippen LogP contribution < -0.4 is 5.73 Å². The Kier molecular flexibility index (Phi) is 3.83. The summed E-state index contributed by atoms with van der Waals surface area (Å²) in [6, 6.07) is 21.3. The highest BCUT2D eigenvalue weighted by atomic mass is 14.7. The van der Waals surface area contributed by atoms with Crippen molar-refractivity contribution in [3.63, 3.8) is 0 Å². The van der Waals surface area contributed by atoms with Crippen LogP contribution in [-0.2, 0) is 5.41 Å². The average Bonchev–Trinajstić information content (AvgIpc) is 2.42. The molecule has 94 valence electrons. The van der Waals surface area contributed by atoms with Gasteiger partial charge < -0.3 is 5.73 Å². The summed E-state index contributed by atoms with van der Waals surface area (Å²) < 4.78 is 0. The maximum Gasteiger partial charge on any atom is 0.0348 e. The molecule has 0 bridgehead atoms. The van der Waals surface area contributed by atoms with Crippen LogP contribution in [0.4, 0.5) is 0 Å². The van der Waals surface area contributed by atoms with Crippen LogP contribution in [-0.4, -0.2) is 6.04 Å². The van der Waals surface area contributed by atoms with Crippen molar-refractivity contribution in [1.29, 1.82) is 0 Å². The van der Waals surface area contributed by atoms with E-state index in [1.54, 1.807) is 0 Å². The summed E-state index contributed by atoms with van der Waals surface area (Å²) in [5.74, 6) is 0. The van der Waals surface area contributed by atoms with E-state index >= 15 is 0 Å². The molecule has 2 aromatic carbocycles. The van der Waals surface area contributed by atoms with Crippen molar-refractivity contribution in [2.75, 3.05) is 0 Å². The molecule has 1 heteroatoms. The van der Waals surface area contributed by atoms with Crippen LogP contribution in [0.1, 0.15) is 31.4 Å². The number of benzene rings is 2. The van der Waals surface area contributed by atoms with Crippen molar-refractivity contribution in [3.05, 3.63) is 71.8 Å². The summed E-state index contributed by atoms with van der Waals surface area (Å²) in [6.45, 7) is 4.31. The maximum atomic E-state index is 6.35. The van der Waals surface area contributed by atoms with E-state index in [1.165, 1.54) is 11.1 Å². The first kappa shape index (κ1) is 12.8. The van der Waals surface area contributed by atoms with Crippen LogP contribution in [0.5, 0.6) is 0 Å². The van der Waals surface area contributed by atoms with Gasteiger partial charge >= 0.3 is 0 Å². The zero-order chi connectivity index (χ0) is 13.0. The minimum Gasteiger partial charge on any atom is -0.327 e. The molecule has 0 saturated carbocycles. The standard InChI is InChI=1S/C17H21N/c1-3-17(14(2)18,15-10-6-4-7-11-15)16-12-8-5-9-13-16/h4-14H,3,18H2,1-2H3. The molecule has 0 radical (unpaired) electrons. The van der Waals surface area contributed by atoms with E-state index in [4.69, 9.17) is 5.73 Å². The second kappa shape index (κ2) is 5.36. The van der Waals surface area contributed by atoms with E-state index < -0.39 is 0 Å². The zero-order valence-electron chi connectivity index (χ0n) is 11.1. The summed E-state index contributed by atoms with van der Waals surface area (Å²) >= 11 is 0. The summed E-state index contributed by atoms with van der Waals surface area (Å²) in [7, 11) is 0.